The third-order valence-corrected chi connectivity index (χ3v) is 3.84. The van der Waals surface area contributed by atoms with Crippen LogP contribution in [-0.2, 0) is 0 Å². The molecule has 1 fully saturated rings. The van der Waals surface area contributed by atoms with Gasteiger partial charge in [0, 0.05) is 12.1 Å². The average Bonchev–Trinajstić information content (AvgIpc) is 3.04. The van der Waals surface area contributed by atoms with Gasteiger partial charge in [-0.05, 0) is 25.0 Å². The van der Waals surface area contributed by atoms with E-state index in [0.29, 0.717) is 5.56 Å². The number of methoxy groups -OCH3 is 1. The topological polar surface area (TPSA) is 55.3 Å². The summed E-state index contributed by atoms with van der Waals surface area (Å²) < 4.78 is 5.43. The summed E-state index contributed by atoms with van der Waals surface area (Å²) in [5, 5.41) is 7.50. The largest absolute Gasteiger partial charge is 0.496 e. The highest BCUT2D eigenvalue weighted by molar-refractivity contribution is 5.94. The van der Waals surface area contributed by atoms with E-state index in [1.807, 2.05) is 29.2 Å². The molecule has 108 valence electrons. The van der Waals surface area contributed by atoms with Crippen molar-refractivity contribution in [2.45, 2.75) is 18.9 Å². The van der Waals surface area contributed by atoms with Crippen LogP contribution in [0, 0.1) is 0 Å². The Morgan fingerprint density at radius 2 is 2.14 bits per heavy atom. The van der Waals surface area contributed by atoms with Gasteiger partial charge >= 0.3 is 0 Å². The molecule has 1 unspecified atom stereocenters. The van der Waals surface area contributed by atoms with E-state index >= 15 is 0 Å². The van der Waals surface area contributed by atoms with Gasteiger partial charge in [0.05, 0.1) is 31.1 Å². The molecule has 1 saturated heterocycles. The number of hydrogen-bond donors (Lipinski definition) is 0. The van der Waals surface area contributed by atoms with Gasteiger partial charge in [-0.15, -0.1) is 0 Å². The summed E-state index contributed by atoms with van der Waals surface area (Å²) in [6, 6.07) is 9.64. The molecule has 1 aliphatic heterocycles. The first-order valence-corrected chi connectivity index (χ1v) is 7.02. The minimum atomic E-state index is -0.00157. The van der Waals surface area contributed by atoms with E-state index in [0.717, 1.165) is 30.7 Å². The maximum Gasteiger partial charge on any atom is 0.256 e. The number of para-hydroxylation sites is 1. The first-order chi connectivity index (χ1) is 10.3. The van der Waals surface area contributed by atoms with E-state index in [-0.39, 0.29) is 11.9 Å². The highest BCUT2D eigenvalue weighted by atomic mass is 16.5. The Hall–Kier alpha value is -2.43. The van der Waals surface area contributed by atoms with Crippen LogP contribution in [0.25, 0.3) is 0 Å². The lowest BCUT2D eigenvalue weighted by Crippen LogP contribution is -2.30. The number of rotatable bonds is 3. The van der Waals surface area contributed by atoms with Crippen molar-refractivity contribution < 1.29 is 9.53 Å². The molecule has 1 aromatic heterocycles. The Morgan fingerprint density at radius 3 is 2.90 bits per heavy atom. The molecular weight excluding hydrogens is 266 g/mol. The summed E-state index contributed by atoms with van der Waals surface area (Å²) >= 11 is 0. The fourth-order valence-electron chi connectivity index (χ4n) is 2.86. The normalized spacial score (nSPS) is 17.8. The maximum atomic E-state index is 12.6. The van der Waals surface area contributed by atoms with Gasteiger partial charge in [-0.3, -0.25) is 4.79 Å². The Morgan fingerprint density at radius 1 is 1.29 bits per heavy atom. The molecule has 0 N–H and O–H groups in total. The number of benzene rings is 1. The summed E-state index contributed by atoms with van der Waals surface area (Å²) in [4.78, 5) is 14.5. The molecular formula is C16H17N3O2. The number of hydrogen-bond acceptors (Lipinski definition) is 4. The van der Waals surface area contributed by atoms with Gasteiger partial charge in [0.15, 0.2) is 0 Å². The maximum absolute atomic E-state index is 12.6. The highest BCUT2D eigenvalue weighted by Crippen LogP contribution is 2.37. The molecule has 0 spiro atoms. The Kier molecular flexibility index (Phi) is 3.81. The number of likely N-dealkylation sites (tertiary alicyclic amines) is 1. The van der Waals surface area contributed by atoms with Crippen molar-refractivity contribution in [2.24, 2.45) is 0 Å². The van der Waals surface area contributed by atoms with Crippen LogP contribution in [-0.4, -0.2) is 34.7 Å². The van der Waals surface area contributed by atoms with Gasteiger partial charge in [0.2, 0.25) is 0 Å². The molecule has 1 aliphatic rings. The van der Waals surface area contributed by atoms with Crippen molar-refractivity contribution in [2.75, 3.05) is 13.7 Å². The van der Waals surface area contributed by atoms with Gasteiger partial charge in [0.25, 0.3) is 5.91 Å². The lowest BCUT2D eigenvalue weighted by molar-refractivity contribution is 0.0733. The Balaban J connectivity index is 1.91. The first-order valence-electron chi connectivity index (χ1n) is 7.02. The number of ether oxygens (including phenoxy) is 1. The van der Waals surface area contributed by atoms with Gasteiger partial charge in [-0.25, -0.2) is 0 Å². The van der Waals surface area contributed by atoms with Crippen LogP contribution in [0.5, 0.6) is 5.75 Å². The van der Waals surface area contributed by atoms with Crippen LogP contribution in [0.3, 0.4) is 0 Å². The molecule has 1 aromatic carbocycles. The first kappa shape index (κ1) is 13.5. The van der Waals surface area contributed by atoms with Crippen molar-refractivity contribution in [1.82, 2.24) is 15.1 Å². The quantitative estimate of drug-likeness (QED) is 0.868. The molecule has 1 atom stereocenters. The molecule has 0 aliphatic carbocycles. The summed E-state index contributed by atoms with van der Waals surface area (Å²) in [7, 11) is 1.66. The molecule has 2 heterocycles. The smallest absolute Gasteiger partial charge is 0.256 e. The molecule has 5 heteroatoms. The van der Waals surface area contributed by atoms with E-state index in [1.54, 1.807) is 19.4 Å². The lowest BCUT2D eigenvalue weighted by atomic mass is 10.0. The van der Waals surface area contributed by atoms with Crippen LogP contribution < -0.4 is 4.74 Å². The number of aromatic nitrogens is 2. The van der Waals surface area contributed by atoms with Crippen molar-refractivity contribution in [3.05, 3.63) is 53.9 Å². The summed E-state index contributed by atoms with van der Waals surface area (Å²) in [6.07, 6.45) is 5.00. The second-order valence-corrected chi connectivity index (χ2v) is 5.03. The number of carbonyl (C=O) groups excluding carboxylic acids is 1. The van der Waals surface area contributed by atoms with Crippen LogP contribution in [0.4, 0.5) is 0 Å². The third kappa shape index (κ3) is 2.59. The van der Waals surface area contributed by atoms with Gasteiger partial charge in [-0.1, -0.05) is 18.2 Å². The zero-order chi connectivity index (χ0) is 14.7. The minimum absolute atomic E-state index is 0.00157. The zero-order valence-corrected chi connectivity index (χ0v) is 11.9. The predicted molar refractivity (Wildman–Crippen MR) is 78.0 cm³/mol. The van der Waals surface area contributed by atoms with Crippen molar-refractivity contribution in [3.8, 4) is 5.75 Å². The fourth-order valence-corrected chi connectivity index (χ4v) is 2.86. The number of carbonyl (C=O) groups is 1. The van der Waals surface area contributed by atoms with Crippen LogP contribution in [0.15, 0.2) is 42.7 Å². The summed E-state index contributed by atoms with van der Waals surface area (Å²) in [6.45, 7) is 0.754. The zero-order valence-electron chi connectivity index (χ0n) is 11.9. The average molecular weight is 283 g/mol. The van der Waals surface area contributed by atoms with Gasteiger partial charge in [-0.2, -0.15) is 10.2 Å². The van der Waals surface area contributed by atoms with Crippen LogP contribution in [0.1, 0.15) is 34.8 Å². The second kappa shape index (κ2) is 5.91. The van der Waals surface area contributed by atoms with Crippen molar-refractivity contribution in [1.29, 1.82) is 0 Å². The van der Waals surface area contributed by atoms with E-state index in [4.69, 9.17) is 4.74 Å². The van der Waals surface area contributed by atoms with Gasteiger partial charge < -0.3 is 9.64 Å². The second-order valence-electron chi connectivity index (χ2n) is 5.03. The molecule has 2 aromatic rings. The van der Waals surface area contributed by atoms with E-state index in [2.05, 4.69) is 10.2 Å². The highest BCUT2D eigenvalue weighted by Gasteiger charge is 2.32. The minimum Gasteiger partial charge on any atom is -0.496 e. The van der Waals surface area contributed by atoms with Gasteiger partial charge in [0.1, 0.15) is 5.75 Å². The van der Waals surface area contributed by atoms with Crippen molar-refractivity contribution >= 4 is 5.91 Å². The lowest BCUT2D eigenvalue weighted by Gasteiger charge is -2.26. The van der Waals surface area contributed by atoms with E-state index < -0.39 is 0 Å². The molecule has 1 amide bonds. The van der Waals surface area contributed by atoms with Crippen LogP contribution in [0.2, 0.25) is 0 Å². The van der Waals surface area contributed by atoms with Crippen molar-refractivity contribution in [3.63, 3.8) is 0 Å². The fraction of sp³-hybridized carbons (Fsp3) is 0.312. The summed E-state index contributed by atoms with van der Waals surface area (Å²) in [5.41, 5.74) is 1.64. The summed E-state index contributed by atoms with van der Waals surface area (Å²) in [5.74, 6) is 0.827. The molecule has 0 radical (unpaired) electrons. The monoisotopic (exact) mass is 283 g/mol. The molecule has 5 nitrogen and oxygen atoms in total. The van der Waals surface area contributed by atoms with E-state index in [9.17, 15) is 4.79 Å². The number of nitrogens with zero attached hydrogens (tertiary/aromatic N) is 3. The SMILES string of the molecule is COc1ccccc1C1CCCN1C(=O)c1ccnnc1. The molecule has 3 rings (SSSR count). The van der Waals surface area contributed by atoms with E-state index in [1.165, 1.54) is 6.20 Å². The molecule has 21 heavy (non-hydrogen) atoms. The molecule has 0 saturated carbocycles. The Labute approximate surface area is 123 Å². The Bertz CT molecular complexity index is 630. The standard InChI is InChI=1S/C16H17N3O2/c1-21-15-7-3-2-5-13(15)14-6-4-10-19(14)16(20)12-8-9-17-18-11-12/h2-3,5,7-9,11,14H,4,6,10H2,1H3. The van der Waals surface area contributed by atoms with Crippen LogP contribution >= 0.6 is 0 Å². The predicted octanol–water partition coefficient (Wildman–Crippen LogP) is 2.46. The number of amides is 1. The third-order valence-electron chi connectivity index (χ3n) is 3.84. The molecule has 0 bridgehead atoms.